The summed E-state index contributed by atoms with van der Waals surface area (Å²) in [5, 5.41) is 3.48. The van der Waals surface area contributed by atoms with E-state index in [0.717, 1.165) is 25.1 Å². The highest BCUT2D eigenvalue weighted by atomic mass is 16.1. The summed E-state index contributed by atoms with van der Waals surface area (Å²) in [5.41, 5.74) is 9.81. The largest absolute Gasteiger partial charge is 0.366 e. The standard InChI is InChI=1S/C17H24N2O/c1-13-11-15(17(18)20)7-8-16(13)12-19-10-9-14-5-3-2-4-6-14/h5,7-8,11,19H,2-4,6,9-10,12H2,1H3,(H2,18,20). The Morgan fingerprint density at radius 1 is 1.35 bits per heavy atom. The first kappa shape index (κ1) is 14.8. The van der Waals surface area contributed by atoms with Gasteiger partial charge in [0.05, 0.1) is 0 Å². The molecule has 0 aromatic heterocycles. The van der Waals surface area contributed by atoms with Crippen molar-refractivity contribution in [2.75, 3.05) is 6.54 Å². The lowest BCUT2D eigenvalue weighted by Gasteiger charge is -2.13. The summed E-state index contributed by atoms with van der Waals surface area (Å²) >= 11 is 0. The van der Waals surface area contributed by atoms with Gasteiger partial charge in [0.1, 0.15) is 0 Å². The average Bonchev–Trinajstić information content (AvgIpc) is 2.46. The van der Waals surface area contributed by atoms with Crippen molar-refractivity contribution in [2.45, 2.75) is 45.6 Å². The van der Waals surface area contributed by atoms with E-state index in [1.165, 1.54) is 31.2 Å². The second-order valence-corrected chi connectivity index (χ2v) is 5.54. The Morgan fingerprint density at radius 3 is 2.85 bits per heavy atom. The molecule has 0 fully saturated rings. The lowest BCUT2D eigenvalue weighted by molar-refractivity contribution is 0.1000. The number of primary amides is 1. The second kappa shape index (κ2) is 7.25. The zero-order valence-electron chi connectivity index (χ0n) is 12.2. The molecule has 0 saturated carbocycles. The van der Waals surface area contributed by atoms with Gasteiger partial charge in [0.2, 0.25) is 5.91 Å². The SMILES string of the molecule is Cc1cc(C(N)=O)ccc1CNCCC1=CCCCC1. The van der Waals surface area contributed by atoms with Crippen molar-refractivity contribution >= 4 is 5.91 Å². The fourth-order valence-corrected chi connectivity index (χ4v) is 2.65. The smallest absolute Gasteiger partial charge is 0.248 e. The molecule has 108 valence electrons. The minimum atomic E-state index is -0.364. The summed E-state index contributed by atoms with van der Waals surface area (Å²) in [5.74, 6) is -0.364. The first-order valence-electron chi connectivity index (χ1n) is 7.45. The summed E-state index contributed by atoms with van der Waals surface area (Å²) in [6, 6.07) is 5.65. The van der Waals surface area contributed by atoms with Gasteiger partial charge in [0.25, 0.3) is 0 Å². The van der Waals surface area contributed by atoms with Gasteiger partial charge in [-0.1, -0.05) is 17.7 Å². The van der Waals surface area contributed by atoms with Gasteiger partial charge in [-0.3, -0.25) is 4.79 Å². The molecule has 1 amide bonds. The van der Waals surface area contributed by atoms with Crippen LogP contribution >= 0.6 is 0 Å². The second-order valence-electron chi connectivity index (χ2n) is 5.54. The predicted octanol–water partition coefficient (Wildman–Crippen LogP) is 3.07. The maximum atomic E-state index is 11.1. The Kier molecular flexibility index (Phi) is 5.36. The number of carbonyl (C=O) groups is 1. The summed E-state index contributed by atoms with van der Waals surface area (Å²) in [6.45, 7) is 3.88. The van der Waals surface area contributed by atoms with E-state index in [2.05, 4.69) is 11.4 Å². The van der Waals surface area contributed by atoms with Crippen LogP contribution in [0.1, 0.15) is 53.6 Å². The van der Waals surface area contributed by atoms with E-state index in [1.54, 1.807) is 11.6 Å². The molecule has 2 rings (SSSR count). The summed E-state index contributed by atoms with van der Waals surface area (Å²) in [7, 11) is 0. The molecule has 3 N–H and O–H groups in total. The first-order valence-corrected chi connectivity index (χ1v) is 7.45. The molecule has 0 bridgehead atoms. The van der Waals surface area contributed by atoms with E-state index in [-0.39, 0.29) is 5.91 Å². The van der Waals surface area contributed by atoms with Gasteiger partial charge < -0.3 is 11.1 Å². The Hall–Kier alpha value is -1.61. The number of nitrogens with two attached hydrogens (primary N) is 1. The third kappa shape index (κ3) is 4.20. The molecule has 1 aromatic carbocycles. The number of amides is 1. The Morgan fingerprint density at radius 2 is 2.20 bits per heavy atom. The van der Waals surface area contributed by atoms with Crippen LogP contribution in [0.5, 0.6) is 0 Å². The van der Waals surface area contributed by atoms with Gasteiger partial charge in [-0.25, -0.2) is 0 Å². The Bertz CT molecular complexity index is 506. The third-order valence-electron chi connectivity index (χ3n) is 3.95. The van der Waals surface area contributed by atoms with Crippen LogP contribution in [0.25, 0.3) is 0 Å². The van der Waals surface area contributed by atoms with Crippen molar-refractivity contribution in [3.8, 4) is 0 Å². The number of allylic oxidation sites excluding steroid dienone is 1. The van der Waals surface area contributed by atoms with Crippen LogP contribution in [-0.4, -0.2) is 12.5 Å². The Balaban J connectivity index is 1.79. The van der Waals surface area contributed by atoms with E-state index in [9.17, 15) is 4.79 Å². The van der Waals surface area contributed by atoms with Crippen molar-refractivity contribution in [1.29, 1.82) is 0 Å². The molecule has 20 heavy (non-hydrogen) atoms. The van der Waals surface area contributed by atoms with E-state index in [1.807, 2.05) is 19.1 Å². The highest BCUT2D eigenvalue weighted by Gasteiger charge is 2.05. The normalized spacial score (nSPS) is 14.9. The zero-order chi connectivity index (χ0) is 14.4. The van der Waals surface area contributed by atoms with E-state index in [0.29, 0.717) is 5.56 Å². The number of rotatable bonds is 6. The number of hydrogen-bond donors (Lipinski definition) is 2. The van der Waals surface area contributed by atoms with Gasteiger partial charge in [-0.15, -0.1) is 0 Å². The van der Waals surface area contributed by atoms with Crippen LogP contribution in [0.4, 0.5) is 0 Å². The summed E-state index contributed by atoms with van der Waals surface area (Å²) in [6.07, 6.45) is 8.77. The maximum absolute atomic E-state index is 11.1. The number of nitrogens with one attached hydrogen (secondary N) is 1. The van der Waals surface area contributed by atoms with Crippen molar-refractivity contribution in [3.63, 3.8) is 0 Å². The predicted molar refractivity (Wildman–Crippen MR) is 82.6 cm³/mol. The van der Waals surface area contributed by atoms with Crippen LogP contribution in [0, 0.1) is 6.92 Å². The van der Waals surface area contributed by atoms with Crippen LogP contribution in [0.2, 0.25) is 0 Å². The fourth-order valence-electron chi connectivity index (χ4n) is 2.65. The molecule has 1 aliphatic carbocycles. The molecule has 0 aliphatic heterocycles. The molecule has 0 heterocycles. The molecule has 0 saturated heterocycles. The van der Waals surface area contributed by atoms with Gasteiger partial charge in [-0.2, -0.15) is 0 Å². The Labute approximate surface area is 121 Å². The zero-order valence-corrected chi connectivity index (χ0v) is 12.2. The summed E-state index contributed by atoms with van der Waals surface area (Å²) < 4.78 is 0. The van der Waals surface area contributed by atoms with Crippen molar-refractivity contribution < 1.29 is 4.79 Å². The third-order valence-corrected chi connectivity index (χ3v) is 3.95. The molecule has 1 aliphatic rings. The molecule has 3 nitrogen and oxygen atoms in total. The van der Waals surface area contributed by atoms with Gasteiger partial charge in [0.15, 0.2) is 0 Å². The molecule has 0 spiro atoms. The van der Waals surface area contributed by atoms with Crippen LogP contribution in [-0.2, 0) is 6.54 Å². The van der Waals surface area contributed by atoms with E-state index in [4.69, 9.17) is 5.73 Å². The minimum absolute atomic E-state index is 0.364. The monoisotopic (exact) mass is 272 g/mol. The maximum Gasteiger partial charge on any atom is 0.248 e. The quantitative estimate of drug-likeness (QED) is 0.617. The van der Waals surface area contributed by atoms with E-state index >= 15 is 0 Å². The highest BCUT2D eigenvalue weighted by Crippen LogP contribution is 2.19. The van der Waals surface area contributed by atoms with Gasteiger partial charge >= 0.3 is 0 Å². The van der Waals surface area contributed by atoms with Crippen molar-refractivity contribution in [2.24, 2.45) is 5.73 Å². The molecular formula is C17H24N2O. The highest BCUT2D eigenvalue weighted by molar-refractivity contribution is 5.93. The lowest BCUT2D eigenvalue weighted by Crippen LogP contribution is -2.17. The topological polar surface area (TPSA) is 55.1 Å². The molecule has 3 heteroatoms. The number of aryl methyl sites for hydroxylation is 1. The van der Waals surface area contributed by atoms with Crippen LogP contribution in [0.3, 0.4) is 0 Å². The van der Waals surface area contributed by atoms with E-state index < -0.39 is 0 Å². The molecule has 0 unspecified atom stereocenters. The molecule has 0 radical (unpaired) electrons. The minimum Gasteiger partial charge on any atom is -0.366 e. The van der Waals surface area contributed by atoms with Crippen LogP contribution < -0.4 is 11.1 Å². The fraction of sp³-hybridized carbons (Fsp3) is 0.471. The lowest BCUT2D eigenvalue weighted by atomic mass is 9.97. The van der Waals surface area contributed by atoms with Gasteiger partial charge in [0, 0.05) is 12.1 Å². The first-order chi connectivity index (χ1) is 9.66. The van der Waals surface area contributed by atoms with Crippen LogP contribution in [0.15, 0.2) is 29.8 Å². The molecule has 0 atom stereocenters. The number of hydrogen-bond acceptors (Lipinski definition) is 2. The molecule has 1 aromatic rings. The van der Waals surface area contributed by atoms with Gasteiger partial charge in [-0.05, 0) is 68.8 Å². The number of benzene rings is 1. The average molecular weight is 272 g/mol. The summed E-state index contributed by atoms with van der Waals surface area (Å²) in [4.78, 5) is 11.1. The number of carbonyl (C=O) groups excluding carboxylic acids is 1. The van der Waals surface area contributed by atoms with Crippen molar-refractivity contribution in [3.05, 3.63) is 46.5 Å². The van der Waals surface area contributed by atoms with Crippen molar-refractivity contribution in [1.82, 2.24) is 5.32 Å². The molecular weight excluding hydrogens is 248 g/mol.